The van der Waals surface area contributed by atoms with Crippen molar-refractivity contribution >= 4 is 17.0 Å². The molecule has 1 heterocycles. The lowest BCUT2D eigenvalue weighted by atomic mass is 9.94. The Labute approximate surface area is 154 Å². The van der Waals surface area contributed by atoms with Crippen molar-refractivity contribution in [1.29, 1.82) is 0 Å². The van der Waals surface area contributed by atoms with Crippen LogP contribution in [0.4, 0.5) is 0 Å². The lowest BCUT2D eigenvalue weighted by Gasteiger charge is -2.13. The van der Waals surface area contributed by atoms with Gasteiger partial charge in [0.15, 0.2) is 0 Å². The normalized spacial score (nSPS) is 10.8. The molecular formula is C25H21N. The summed E-state index contributed by atoms with van der Waals surface area (Å²) < 4.78 is 0. The van der Waals surface area contributed by atoms with E-state index in [-0.39, 0.29) is 0 Å². The average molecular weight is 335 g/mol. The van der Waals surface area contributed by atoms with Gasteiger partial charge in [0.25, 0.3) is 0 Å². The van der Waals surface area contributed by atoms with Crippen LogP contribution in [0.2, 0.25) is 0 Å². The SMILES string of the molecule is C=Cc1ccc2nc(-c3cccc(-c4ccccc4)c3C)cc(C)c2c1. The van der Waals surface area contributed by atoms with E-state index in [0.717, 1.165) is 16.8 Å². The van der Waals surface area contributed by atoms with Gasteiger partial charge in [-0.25, -0.2) is 4.98 Å². The number of aromatic nitrogens is 1. The second-order valence-corrected chi connectivity index (χ2v) is 6.65. The Morgan fingerprint density at radius 1 is 0.808 bits per heavy atom. The Kier molecular flexibility index (Phi) is 4.14. The van der Waals surface area contributed by atoms with Crippen LogP contribution >= 0.6 is 0 Å². The number of rotatable bonds is 3. The van der Waals surface area contributed by atoms with Crippen LogP contribution in [0.3, 0.4) is 0 Å². The van der Waals surface area contributed by atoms with Crippen molar-refractivity contribution in [3.63, 3.8) is 0 Å². The van der Waals surface area contributed by atoms with Gasteiger partial charge in [0.2, 0.25) is 0 Å². The van der Waals surface area contributed by atoms with Gasteiger partial charge >= 0.3 is 0 Å². The number of nitrogens with zero attached hydrogens (tertiary/aromatic N) is 1. The number of hydrogen-bond donors (Lipinski definition) is 0. The molecule has 0 radical (unpaired) electrons. The first-order valence-corrected chi connectivity index (χ1v) is 8.86. The Hall–Kier alpha value is -3.19. The van der Waals surface area contributed by atoms with Crippen molar-refractivity contribution in [2.45, 2.75) is 13.8 Å². The molecule has 3 aromatic carbocycles. The molecule has 1 aromatic heterocycles. The molecular weight excluding hydrogens is 314 g/mol. The van der Waals surface area contributed by atoms with Gasteiger partial charge in [0.1, 0.15) is 0 Å². The van der Waals surface area contributed by atoms with Gasteiger partial charge in [0, 0.05) is 10.9 Å². The molecule has 26 heavy (non-hydrogen) atoms. The van der Waals surface area contributed by atoms with Crippen LogP contribution in [0, 0.1) is 13.8 Å². The second-order valence-electron chi connectivity index (χ2n) is 6.65. The summed E-state index contributed by atoms with van der Waals surface area (Å²) in [7, 11) is 0. The third-order valence-electron chi connectivity index (χ3n) is 4.97. The second kappa shape index (κ2) is 6.61. The minimum Gasteiger partial charge on any atom is -0.248 e. The molecule has 0 unspecified atom stereocenters. The van der Waals surface area contributed by atoms with E-state index in [0.29, 0.717) is 0 Å². The van der Waals surface area contributed by atoms with Crippen LogP contribution in [-0.4, -0.2) is 4.98 Å². The maximum atomic E-state index is 4.94. The first kappa shape index (κ1) is 16.3. The molecule has 0 saturated carbocycles. The molecule has 126 valence electrons. The first-order chi connectivity index (χ1) is 12.7. The molecule has 1 nitrogen and oxygen atoms in total. The molecule has 0 aliphatic rings. The summed E-state index contributed by atoms with van der Waals surface area (Å²) >= 11 is 0. The Balaban J connectivity index is 1.89. The van der Waals surface area contributed by atoms with Gasteiger partial charge in [-0.1, -0.05) is 67.3 Å². The van der Waals surface area contributed by atoms with E-state index in [2.05, 4.69) is 93.2 Å². The number of benzene rings is 3. The predicted octanol–water partition coefficient (Wildman–Crippen LogP) is 6.83. The average Bonchev–Trinajstić information content (AvgIpc) is 2.68. The molecule has 0 saturated heterocycles. The van der Waals surface area contributed by atoms with E-state index < -0.39 is 0 Å². The molecule has 4 rings (SSSR count). The first-order valence-electron chi connectivity index (χ1n) is 8.86. The Bertz CT molecular complexity index is 1110. The van der Waals surface area contributed by atoms with Crippen molar-refractivity contribution in [2.75, 3.05) is 0 Å². The van der Waals surface area contributed by atoms with Gasteiger partial charge in [0.05, 0.1) is 11.2 Å². The highest BCUT2D eigenvalue weighted by Crippen LogP contribution is 2.32. The van der Waals surface area contributed by atoms with E-state index >= 15 is 0 Å². The largest absolute Gasteiger partial charge is 0.248 e. The van der Waals surface area contributed by atoms with Crippen LogP contribution in [-0.2, 0) is 0 Å². The molecule has 0 aliphatic carbocycles. The summed E-state index contributed by atoms with van der Waals surface area (Å²) in [6.07, 6.45) is 1.88. The zero-order valence-electron chi connectivity index (χ0n) is 15.2. The summed E-state index contributed by atoms with van der Waals surface area (Å²) in [4.78, 5) is 4.94. The van der Waals surface area contributed by atoms with Gasteiger partial charge in [-0.2, -0.15) is 0 Å². The highest BCUT2D eigenvalue weighted by Gasteiger charge is 2.11. The standard InChI is InChI=1S/C25H21N/c1-4-19-13-14-24-23(16-19)17(2)15-25(26-24)22-12-8-11-21(18(22)3)20-9-6-5-7-10-20/h4-16H,1H2,2-3H3. The fourth-order valence-electron chi connectivity index (χ4n) is 3.52. The molecule has 0 bridgehead atoms. The van der Waals surface area contributed by atoms with Gasteiger partial charge < -0.3 is 0 Å². The Morgan fingerprint density at radius 2 is 1.58 bits per heavy atom. The van der Waals surface area contributed by atoms with E-state index in [9.17, 15) is 0 Å². The monoisotopic (exact) mass is 335 g/mol. The zero-order chi connectivity index (χ0) is 18.1. The highest BCUT2D eigenvalue weighted by atomic mass is 14.7. The van der Waals surface area contributed by atoms with Gasteiger partial charge in [-0.05, 0) is 59.9 Å². The van der Waals surface area contributed by atoms with Gasteiger partial charge in [-0.3, -0.25) is 0 Å². The Morgan fingerprint density at radius 3 is 2.35 bits per heavy atom. The fraction of sp³-hybridized carbons (Fsp3) is 0.0800. The lowest BCUT2D eigenvalue weighted by Crippen LogP contribution is -1.93. The van der Waals surface area contributed by atoms with Crippen molar-refractivity contribution < 1.29 is 0 Å². The lowest BCUT2D eigenvalue weighted by molar-refractivity contribution is 1.33. The minimum absolute atomic E-state index is 1.02. The van der Waals surface area contributed by atoms with E-state index in [1.54, 1.807) is 0 Å². The number of fused-ring (bicyclic) bond motifs is 1. The maximum absolute atomic E-state index is 4.94. The summed E-state index contributed by atoms with van der Waals surface area (Å²) in [5.74, 6) is 0. The highest BCUT2D eigenvalue weighted by molar-refractivity contribution is 5.88. The summed E-state index contributed by atoms with van der Waals surface area (Å²) in [5.41, 5.74) is 9.34. The number of hydrogen-bond acceptors (Lipinski definition) is 1. The molecule has 0 aliphatic heterocycles. The molecule has 0 N–H and O–H groups in total. The van der Waals surface area contributed by atoms with Crippen molar-refractivity contribution in [1.82, 2.24) is 4.98 Å². The van der Waals surface area contributed by atoms with Crippen LogP contribution in [0.15, 0.2) is 79.4 Å². The molecule has 1 heteroatoms. The summed E-state index contributed by atoms with van der Waals surface area (Å²) in [5, 5.41) is 1.18. The quantitative estimate of drug-likeness (QED) is 0.400. The van der Waals surface area contributed by atoms with Crippen LogP contribution in [0.5, 0.6) is 0 Å². The van der Waals surface area contributed by atoms with E-state index in [1.807, 2.05) is 6.08 Å². The van der Waals surface area contributed by atoms with Crippen LogP contribution in [0.1, 0.15) is 16.7 Å². The molecule has 0 spiro atoms. The van der Waals surface area contributed by atoms with Crippen LogP contribution in [0.25, 0.3) is 39.4 Å². The third-order valence-corrected chi connectivity index (χ3v) is 4.97. The van der Waals surface area contributed by atoms with Gasteiger partial charge in [-0.15, -0.1) is 0 Å². The summed E-state index contributed by atoms with van der Waals surface area (Å²) in [6.45, 7) is 8.19. The topological polar surface area (TPSA) is 12.9 Å². The van der Waals surface area contributed by atoms with Crippen molar-refractivity contribution in [3.05, 3.63) is 96.1 Å². The smallest absolute Gasteiger partial charge is 0.0715 e. The maximum Gasteiger partial charge on any atom is 0.0715 e. The number of aryl methyl sites for hydroxylation is 1. The molecule has 4 aromatic rings. The van der Waals surface area contributed by atoms with E-state index in [4.69, 9.17) is 4.98 Å². The molecule has 0 atom stereocenters. The van der Waals surface area contributed by atoms with Crippen molar-refractivity contribution in [3.8, 4) is 22.4 Å². The fourth-order valence-corrected chi connectivity index (χ4v) is 3.52. The van der Waals surface area contributed by atoms with Crippen LogP contribution < -0.4 is 0 Å². The number of pyridine rings is 1. The predicted molar refractivity (Wildman–Crippen MR) is 112 cm³/mol. The molecule has 0 amide bonds. The minimum atomic E-state index is 1.02. The summed E-state index contributed by atoms with van der Waals surface area (Å²) in [6, 6.07) is 25.5. The van der Waals surface area contributed by atoms with Crippen molar-refractivity contribution in [2.24, 2.45) is 0 Å². The van der Waals surface area contributed by atoms with E-state index in [1.165, 1.54) is 33.2 Å². The molecule has 0 fully saturated rings. The third kappa shape index (κ3) is 2.82. The zero-order valence-corrected chi connectivity index (χ0v) is 15.2.